The Morgan fingerprint density at radius 1 is 1.00 bits per heavy atom. The number of nitrogens with one attached hydrogen (secondary N) is 1. The maximum absolute atomic E-state index is 12.5. The van der Waals surface area contributed by atoms with Crippen LogP contribution in [-0.2, 0) is 0 Å². The van der Waals surface area contributed by atoms with Gasteiger partial charge in [-0.3, -0.25) is 4.79 Å². The van der Waals surface area contributed by atoms with E-state index in [1.54, 1.807) is 12.3 Å². The highest BCUT2D eigenvalue weighted by molar-refractivity contribution is 5.98. The van der Waals surface area contributed by atoms with Gasteiger partial charge in [-0.15, -0.1) is 0 Å². The predicted molar refractivity (Wildman–Crippen MR) is 117 cm³/mol. The van der Waals surface area contributed by atoms with Gasteiger partial charge in [0.2, 0.25) is 0 Å². The summed E-state index contributed by atoms with van der Waals surface area (Å²) in [6.07, 6.45) is 10.2. The van der Waals surface area contributed by atoms with Crippen LogP contribution in [0, 0.1) is 0 Å². The maximum atomic E-state index is 12.5. The largest absolute Gasteiger partial charge is 0.494 e. The Morgan fingerprint density at radius 3 is 2.52 bits per heavy atom. The van der Waals surface area contributed by atoms with Crippen molar-refractivity contribution < 1.29 is 9.53 Å². The lowest BCUT2D eigenvalue weighted by Crippen LogP contribution is -2.19. The molecule has 3 aromatic rings. The Bertz CT molecular complexity index is 916. The van der Waals surface area contributed by atoms with Gasteiger partial charge in [-0.2, -0.15) is 5.10 Å². The fourth-order valence-corrected chi connectivity index (χ4v) is 2.98. The van der Waals surface area contributed by atoms with Crippen LogP contribution in [-0.4, -0.2) is 23.3 Å². The van der Waals surface area contributed by atoms with Crippen molar-refractivity contribution in [2.45, 2.75) is 32.6 Å². The molecule has 0 saturated heterocycles. The molecule has 5 heteroatoms. The summed E-state index contributed by atoms with van der Waals surface area (Å²) in [5.41, 5.74) is 4.87. The van der Waals surface area contributed by atoms with Crippen LogP contribution in [0.25, 0.3) is 5.69 Å². The SMILES string of the molecule is CCCCCCOc1ccc(/C=N/NC(=O)c2ccccc2-n2cccc2)cc1. The number of rotatable bonds is 10. The molecule has 0 aliphatic heterocycles. The molecule has 0 spiro atoms. The number of benzene rings is 2. The summed E-state index contributed by atoms with van der Waals surface area (Å²) >= 11 is 0. The molecule has 150 valence electrons. The topological polar surface area (TPSA) is 55.6 Å². The maximum Gasteiger partial charge on any atom is 0.273 e. The lowest BCUT2D eigenvalue weighted by atomic mass is 10.1. The molecule has 2 aromatic carbocycles. The predicted octanol–water partition coefficient (Wildman–Crippen LogP) is 5.20. The average Bonchev–Trinajstić information content (AvgIpc) is 3.29. The molecule has 0 atom stereocenters. The van der Waals surface area contributed by atoms with Crippen molar-refractivity contribution in [2.24, 2.45) is 5.10 Å². The van der Waals surface area contributed by atoms with Gasteiger partial charge in [-0.25, -0.2) is 5.43 Å². The zero-order chi connectivity index (χ0) is 20.3. The summed E-state index contributed by atoms with van der Waals surface area (Å²) < 4.78 is 7.64. The number of nitrogens with zero attached hydrogens (tertiary/aromatic N) is 2. The number of para-hydroxylation sites is 1. The third kappa shape index (κ3) is 6.07. The Hall–Kier alpha value is -3.34. The molecule has 0 radical (unpaired) electrons. The summed E-state index contributed by atoms with van der Waals surface area (Å²) in [6, 6.07) is 19.0. The Labute approximate surface area is 172 Å². The van der Waals surface area contributed by atoms with Crippen molar-refractivity contribution >= 4 is 12.1 Å². The number of unbranched alkanes of at least 4 members (excludes halogenated alkanes) is 3. The first-order chi connectivity index (χ1) is 14.3. The summed E-state index contributed by atoms with van der Waals surface area (Å²) in [5, 5.41) is 4.09. The minimum absolute atomic E-state index is 0.252. The van der Waals surface area contributed by atoms with Crippen molar-refractivity contribution in [1.29, 1.82) is 0 Å². The van der Waals surface area contributed by atoms with Crippen LogP contribution in [0.4, 0.5) is 0 Å². The highest BCUT2D eigenvalue weighted by Gasteiger charge is 2.10. The van der Waals surface area contributed by atoms with E-state index in [0.29, 0.717) is 5.56 Å². The van der Waals surface area contributed by atoms with E-state index >= 15 is 0 Å². The number of carbonyl (C=O) groups is 1. The van der Waals surface area contributed by atoms with Gasteiger partial charge >= 0.3 is 0 Å². The second-order valence-corrected chi connectivity index (χ2v) is 6.78. The molecule has 0 unspecified atom stereocenters. The summed E-state index contributed by atoms with van der Waals surface area (Å²) in [4.78, 5) is 12.5. The average molecular weight is 389 g/mol. The third-order valence-electron chi connectivity index (χ3n) is 4.56. The van der Waals surface area contributed by atoms with Crippen molar-refractivity contribution in [2.75, 3.05) is 6.61 Å². The molecule has 1 aromatic heterocycles. The lowest BCUT2D eigenvalue weighted by molar-refractivity contribution is 0.0955. The number of hydrazone groups is 1. The van der Waals surface area contributed by atoms with Gasteiger partial charge in [-0.1, -0.05) is 38.3 Å². The standard InChI is InChI=1S/C24H27N3O2/c1-2-3-4-9-18-29-21-14-12-20(13-15-21)19-25-26-24(28)22-10-5-6-11-23(22)27-16-7-8-17-27/h5-8,10-17,19H,2-4,9,18H2,1H3,(H,26,28)/b25-19+. The monoisotopic (exact) mass is 389 g/mol. The molecule has 1 heterocycles. The first kappa shape index (κ1) is 20.4. The minimum Gasteiger partial charge on any atom is -0.494 e. The van der Waals surface area contributed by atoms with E-state index in [1.165, 1.54) is 19.3 Å². The molecule has 0 bridgehead atoms. The molecule has 0 aliphatic rings. The van der Waals surface area contributed by atoms with Crippen LogP contribution < -0.4 is 10.2 Å². The summed E-state index contributed by atoms with van der Waals surface area (Å²) in [6.45, 7) is 2.94. The molecule has 29 heavy (non-hydrogen) atoms. The van der Waals surface area contributed by atoms with Gasteiger partial charge in [0.1, 0.15) is 5.75 Å². The Morgan fingerprint density at radius 2 is 1.76 bits per heavy atom. The fraction of sp³-hybridized carbons (Fsp3) is 0.250. The highest BCUT2D eigenvalue weighted by Crippen LogP contribution is 2.15. The molecule has 0 saturated carbocycles. The number of hydrogen-bond acceptors (Lipinski definition) is 3. The van der Waals surface area contributed by atoms with E-state index in [-0.39, 0.29) is 5.91 Å². The quantitative estimate of drug-likeness (QED) is 0.294. The van der Waals surface area contributed by atoms with Gasteiger partial charge in [-0.05, 0) is 60.5 Å². The molecule has 5 nitrogen and oxygen atoms in total. The number of amides is 1. The van der Waals surface area contributed by atoms with E-state index in [4.69, 9.17) is 4.74 Å². The van der Waals surface area contributed by atoms with Crippen LogP contribution in [0.3, 0.4) is 0 Å². The third-order valence-corrected chi connectivity index (χ3v) is 4.56. The number of hydrogen-bond donors (Lipinski definition) is 1. The molecular formula is C24H27N3O2. The minimum atomic E-state index is -0.252. The van der Waals surface area contributed by atoms with Crippen LogP contribution in [0.1, 0.15) is 48.5 Å². The first-order valence-electron chi connectivity index (χ1n) is 10.1. The smallest absolute Gasteiger partial charge is 0.273 e. The van der Waals surface area contributed by atoms with Crippen molar-refractivity contribution in [3.8, 4) is 11.4 Å². The highest BCUT2D eigenvalue weighted by atomic mass is 16.5. The Kier molecular flexibility index (Phi) is 7.63. The number of ether oxygens (including phenoxy) is 1. The van der Waals surface area contributed by atoms with E-state index in [0.717, 1.165) is 30.0 Å². The normalized spacial score (nSPS) is 10.9. The van der Waals surface area contributed by atoms with E-state index < -0.39 is 0 Å². The van der Waals surface area contributed by atoms with Gasteiger partial charge in [0.15, 0.2) is 0 Å². The van der Waals surface area contributed by atoms with Crippen molar-refractivity contribution in [1.82, 2.24) is 9.99 Å². The second-order valence-electron chi connectivity index (χ2n) is 6.78. The van der Waals surface area contributed by atoms with Crippen LogP contribution >= 0.6 is 0 Å². The molecular weight excluding hydrogens is 362 g/mol. The first-order valence-corrected chi connectivity index (χ1v) is 10.1. The fourth-order valence-electron chi connectivity index (χ4n) is 2.98. The zero-order valence-electron chi connectivity index (χ0n) is 16.8. The van der Waals surface area contributed by atoms with Crippen LogP contribution in [0.15, 0.2) is 78.2 Å². The van der Waals surface area contributed by atoms with Gasteiger partial charge in [0.25, 0.3) is 5.91 Å². The number of carbonyl (C=O) groups excluding carboxylic acids is 1. The number of aromatic nitrogens is 1. The van der Waals surface area contributed by atoms with Gasteiger partial charge < -0.3 is 9.30 Å². The molecule has 1 N–H and O–H groups in total. The molecule has 0 fully saturated rings. The van der Waals surface area contributed by atoms with Gasteiger partial charge in [0.05, 0.1) is 24.1 Å². The van der Waals surface area contributed by atoms with Crippen LogP contribution in [0.5, 0.6) is 5.75 Å². The van der Waals surface area contributed by atoms with Crippen LogP contribution in [0.2, 0.25) is 0 Å². The summed E-state index contributed by atoms with van der Waals surface area (Å²) in [5.74, 6) is 0.598. The van der Waals surface area contributed by atoms with Gasteiger partial charge in [0, 0.05) is 12.4 Å². The van der Waals surface area contributed by atoms with Crippen molar-refractivity contribution in [3.05, 3.63) is 84.2 Å². The lowest BCUT2D eigenvalue weighted by Gasteiger charge is -2.09. The Balaban J connectivity index is 1.53. The van der Waals surface area contributed by atoms with E-state index in [9.17, 15) is 4.79 Å². The zero-order valence-corrected chi connectivity index (χ0v) is 16.8. The van der Waals surface area contributed by atoms with E-state index in [2.05, 4.69) is 17.5 Å². The van der Waals surface area contributed by atoms with E-state index in [1.807, 2.05) is 71.6 Å². The molecule has 3 rings (SSSR count). The van der Waals surface area contributed by atoms with Crippen molar-refractivity contribution in [3.63, 3.8) is 0 Å². The summed E-state index contributed by atoms with van der Waals surface area (Å²) in [7, 11) is 0. The molecule has 0 aliphatic carbocycles. The molecule has 1 amide bonds. The second kappa shape index (κ2) is 10.9.